The molecule has 1 aromatic heterocycles. The van der Waals surface area contributed by atoms with Crippen molar-refractivity contribution in [3.63, 3.8) is 0 Å². The zero-order chi connectivity index (χ0) is 11.3. The van der Waals surface area contributed by atoms with Gasteiger partial charge >= 0.3 is 5.97 Å². The Balaban J connectivity index is 1.98. The van der Waals surface area contributed by atoms with E-state index in [0.29, 0.717) is 5.02 Å². The van der Waals surface area contributed by atoms with Crippen LogP contribution < -0.4 is 0 Å². The van der Waals surface area contributed by atoms with Gasteiger partial charge in [0, 0.05) is 27.5 Å². The van der Waals surface area contributed by atoms with Crippen LogP contribution in [0.2, 0.25) is 5.02 Å². The first-order valence-corrected chi connectivity index (χ1v) is 5.54. The fourth-order valence-corrected chi connectivity index (χ4v) is 2.32. The smallest absolute Gasteiger partial charge is 0.307 e. The highest BCUT2D eigenvalue weighted by molar-refractivity contribution is 6.31. The summed E-state index contributed by atoms with van der Waals surface area (Å²) in [6, 6.07) is 7.62. The minimum absolute atomic E-state index is 0.142. The van der Waals surface area contributed by atoms with Gasteiger partial charge in [-0.15, -0.1) is 0 Å². The Morgan fingerprint density at radius 2 is 2.25 bits per heavy atom. The molecule has 2 aromatic rings. The van der Waals surface area contributed by atoms with Gasteiger partial charge in [0.2, 0.25) is 0 Å². The number of fused-ring (bicyclic) bond motifs is 1. The maximum Gasteiger partial charge on any atom is 0.307 e. The second-order valence-electron chi connectivity index (χ2n) is 4.24. The van der Waals surface area contributed by atoms with Gasteiger partial charge < -0.3 is 10.1 Å². The molecule has 2 unspecified atom stereocenters. The molecule has 4 heteroatoms. The number of halogens is 1. The van der Waals surface area contributed by atoms with E-state index in [1.54, 1.807) is 0 Å². The maximum atomic E-state index is 10.8. The standard InChI is InChI=1S/C12H10ClNO2/c13-7-1-2-10-6(3-7)4-11(14-10)8-5-9(8)12(15)16/h1-4,8-9,14H,5H2,(H,15,16). The summed E-state index contributed by atoms with van der Waals surface area (Å²) in [5.41, 5.74) is 2.01. The Morgan fingerprint density at radius 3 is 2.94 bits per heavy atom. The van der Waals surface area contributed by atoms with Gasteiger partial charge in [-0.1, -0.05) is 11.6 Å². The highest BCUT2D eigenvalue weighted by Crippen LogP contribution is 2.47. The molecule has 3 nitrogen and oxygen atoms in total. The summed E-state index contributed by atoms with van der Waals surface area (Å²) in [5.74, 6) is -0.783. The molecule has 1 aliphatic carbocycles. The number of carbonyl (C=O) groups is 1. The number of carboxylic acid groups (broad SMARTS) is 1. The lowest BCUT2D eigenvalue weighted by Crippen LogP contribution is -1.98. The molecule has 2 atom stereocenters. The Hall–Kier alpha value is -1.48. The van der Waals surface area contributed by atoms with Crippen molar-refractivity contribution in [2.24, 2.45) is 5.92 Å². The number of aromatic nitrogens is 1. The third-order valence-corrected chi connectivity index (χ3v) is 3.35. The fourth-order valence-electron chi connectivity index (χ4n) is 2.14. The van der Waals surface area contributed by atoms with Crippen molar-refractivity contribution in [2.45, 2.75) is 12.3 Å². The normalized spacial score (nSPS) is 23.6. The molecular formula is C12H10ClNO2. The summed E-state index contributed by atoms with van der Waals surface area (Å²) in [6.07, 6.45) is 0.732. The number of carboxylic acids is 1. The molecule has 0 radical (unpaired) electrons. The molecule has 0 spiro atoms. The van der Waals surface area contributed by atoms with Crippen LogP contribution in [0.4, 0.5) is 0 Å². The second kappa shape index (κ2) is 3.25. The molecule has 1 aliphatic rings. The van der Waals surface area contributed by atoms with E-state index in [-0.39, 0.29) is 11.8 Å². The molecule has 1 fully saturated rings. The highest BCUT2D eigenvalue weighted by Gasteiger charge is 2.45. The van der Waals surface area contributed by atoms with E-state index in [2.05, 4.69) is 4.98 Å². The minimum atomic E-state index is -0.707. The first kappa shape index (κ1) is 9.73. The van der Waals surface area contributed by atoms with Crippen LogP contribution in [0.1, 0.15) is 18.0 Å². The summed E-state index contributed by atoms with van der Waals surface area (Å²) in [4.78, 5) is 14.0. The van der Waals surface area contributed by atoms with E-state index in [4.69, 9.17) is 16.7 Å². The summed E-state index contributed by atoms with van der Waals surface area (Å²) in [6.45, 7) is 0. The van der Waals surface area contributed by atoms with Crippen LogP contribution in [-0.2, 0) is 4.79 Å². The molecule has 1 saturated carbocycles. The number of H-pyrrole nitrogens is 1. The number of hydrogen-bond acceptors (Lipinski definition) is 1. The van der Waals surface area contributed by atoms with Gasteiger partial charge in [-0.25, -0.2) is 0 Å². The van der Waals surface area contributed by atoms with Gasteiger partial charge in [0.05, 0.1) is 5.92 Å². The van der Waals surface area contributed by atoms with Gasteiger partial charge in [0.15, 0.2) is 0 Å². The van der Waals surface area contributed by atoms with Gasteiger partial charge in [-0.05, 0) is 30.7 Å². The molecule has 82 valence electrons. The molecule has 0 aliphatic heterocycles. The number of rotatable bonds is 2. The van der Waals surface area contributed by atoms with Gasteiger partial charge in [-0.3, -0.25) is 4.79 Å². The van der Waals surface area contributed by atoms with Gasteiger partial charge in [-0.2, -0.15) is 0 Å². The van der Waals surface area contributed by atoms with Crippen molar-refractivity contribution in [2.75, 3.05) is 0 Å². The van der Waals surface area contributed by atoms with Crippen LogP contribution in [0.5, 0.6) is 0 Å². The third kappa shape index (κ3) is 1.48. The van der Waals surface area contributed by atoms with Crippen molar-refractivity contribution in [1.29, 1.82) is 0 Å². The Bertz CT molecular complexity index is 575. The number of nitrogens with one attached hydrogen (secondary N) is 1. The van der Waals surface area contributed by atoms with E-state index in [0.717, 1.165) is 23.0 Å². The first-order chi connectivity index (χ1) is 7.65. The number of benzene rings is 1. The Kier molecular flexibility index (Phi) is 1.98. The summed E-state index contributed by atoms with van der Waals surface area (Å²) < 4.78 is 0. The van der Waals surface area contributed by atoms with E-state index >= 15 is 0 Å². The van der Waals surface area contributed by atoms with Crippen molar-refractivity contribution >= 4 is 28.5 Å². The third-order valence-electron chi connectivity index (χ3n) is 3.11. The van der Waals surface area contributed by atoms with Crippen LogP contribution >= 0.6 is 11.6 Å². The quantitative estimate of drug-likeness (QED) is 0.841. The van der Waals surface area contributed by atoms with Gasteiger partial charge in [0.1, 0.15) is 0 Å². The summed E-state index contributed by atoms with van der Waals surface area (Å²) in [7, 11) is 0. The minimum Gasteiger partial charge on any atom is -0.481 e. The average molecular weight is 236 g/mol. The molecule has 3 rings (SSSR count). The van der Waals surface area contributed by atoms with Crippen molar-refractivity contribution in [1.82, 2.24) is 4.98 Å². The summed E-state index contributed by atoms with van der Waals surface area (Å²) >= 11 is 5.89. The molecular weight excluding hydrogens is 226 g/mol. The fraction of sp³-hybridized carbons (Fsp3) is 0.250. The number of aromatic amines is 1. The molecule has 16 heavy (non-hydrogen) atoms. The lowest BCUT2D eigenvalue weighted by atomic mass is 10.2. The van der Waals surface area contributed by atoms with E-state index in [9.17, 15) is 4.79 Å². The molecule has 0 bridgehead atoms. The molecule has 2 N–H and O–H groups in total. The number of aliphatic carboxylic acids is 1. The summed E-state index contributed by atoms with van der Waals surface area (Å²) in [5, 5.41) is 10.6. The van der Waals surface area contributed by atoms with E-state index in [1.807, 2.05) is 24.3 Å². The zero-order valence-corrected chi connectivity index (χ0v) is 9.16. The predicted octanol–water partition coefficient (Wildman–Crippen LogP) is 3.01. The van der Waals surface area contributed by atoms with Crippen molar-refractivity contribution in [3.05, 3.63) is 35.0 Å². The largest absolute Gasteiger partial charge is 0.481 e. The Labute approximate surface area is 97.0 Å². The second-order valence-corrected chi connectivity index (χ2v) is 4.68. The lowest BCUT2D eigenvalue weighted by molar-refractivity contribution is -0.138. The molecule has 1 heterocycles. The number of hydrogen-bond donors (Lipinski definition) is 2. The highest BCUT2D eigenvalue weighted by atomic mass is 35.5. The average Bonchev–Trinajstić information content (AvgIpc) is 2.93. The van der Waals surface area contributed by atoms with Crippen LogP contribution in [0, 0.1) is 5.92 Å². The predicted molar refractivity (Wildman–Crippen MR) is 61.8 cm³/mol. The SMILES string of the molecule is O=C(O)C1CC1c1cc2cc(Cl)ccc2[nH]1. The van der Waals surface area contributed by atoms with Crippen LogP contribution in [0.15, 0.2) is 24.3 Å². The monoisotopic (exact) mass is 235 g/mol. The first-order valence-electron chi connectivity index (χ1n) is 5.16. The zero-order valence-electron chi connectivity index (χ0n) is 8.40. The van der Waals surface area contributed by atoms with Crippen LogP contribution in [-0.4, -0.2) is 16.1 Å². The molecule has 0 saturated heterocycles. The topological polar surface area (TPSA) is 53.1 Å². The van der Waals surface area contributed by atoms with E-state index in [1.165, 1.54) is 0 Å². The molecule has 1 aromatic carbocycles. The van der Waals surface area contributed by atoms with Gasteiger partial charge in [0.25, 0.3) is 0 Å². The molecule has 0 amide bonds. The lowest BCUT2D eigenvalue weighted by Gasteiger charge is -1.91. The van der Waals surface area contributed by atoms with Crippen LogP contribution in [0.25, 0.3) is 10.9 Å². The van der Waals surface area contributed by atoms with Crippen molar-refractivity contribution < 1.29 is 9.90 Å². The Morgan fingerprint density at radius 1 is 1.44 bits per heavy atom. The van der Waals surface area contributed by atoms with Crippen molar-refractivity contribution in [3.8, 4) is 0 Å². The van der Waals surface area contributed by atoms with E-state index < -0.39 is 5.97 Å². The van der Waals surface area contributed by atoms with Crippen LogP contribution in [0.3, 0.4) is 0 Å². The maximum absolute atomic E-state index is 10.8.